The number of para-hydroxylation sites is 1. The van der Waals surface area contributed by atoms with E-state index in [1.807, 2.05) is 30.3 Å². The van der Waals surface area contributed by atoms with E-state index in [0.717, 1.165) is 6.07 Å². The first kappa shape index (κ1) is 39.3. The standard InChI is InChI=1S/C42H30N10O8S/c43-36-33(61(58,59)60)21-31(34-35(36)38(55)29-9-5-4-8-28(29)37(34)54)44-23-10-12-24(13-11-23)46-41-48-40(45-22-6-2-1-3-7-22)49-42(50-41)47-25-14-16-26(17-15-25)51-52-27-18-19-32(53)30(20-27)39(56)57/h1-21,44,53H,43H2,(H,56,57)(H,58,59,60)(H3,45,46,47,48,49,50). The number of carbonyl (C=O) groups excluding carboxylic acids is 2. The molecule has 0 atom stereocenters. The van der Waals surface area contributed by atoms with Gasteiger partial charge in [0.05, 0.1) is 33.9 Å². The molecule has 0 amide bonds. The van der Waals surface area contributed by atoms with Gasteiger partial charge >= 0.3 is 5.97 Å². The van der Waals surface area contributed by atoms with Gasteiger partial charge in [-0.2, -0.15) is 33.6 Å². The summed E-state index contributed by atoms with van der Waals surface area (Å²) >= 11 is 0. The fourth-order valence-corrected chi connectivity index (χ4v) is 6.98. The Bertz CT molecular complexity index is 3040. The van der Waals surface area contributed by atoms with Gasteiger partial charge in [-0.15, -0.1) is 0 Å². The quantitative estimate of drug-likeness (QED) is 0.0326. The highest BCUT2D eigenvalue weighted by Crippen LogP contribution is 2.40. The number of rotatable bonds is 12. The molecule has 0 aliphatic heterocycles. The number of aromatic carboxylic acids is 1. The van der Waals surface area contributed by atoms with Gasteiger partial charge in [0.15, 0.2) is 11.6 Å². The topological polar surface area (TPSA) is 284 Å². The number of fused-ring (bicyclic) bond motifs is 2. The lowest BCUT2D eigenvalue weighted by atomic mass is 9.82. The van der Waals surface area contributed by atoms with Crippen molar-refractivity contribution in [2.75, 3.05) is 27.0 Å². The number of anilines is 9. The van der Waals surface area contributed by atoms with Crippen LogP contribution in [0.2, 0.25) is 0 Å². The van der Waals surface area contributed by atoms with Crippen molar-refractivity contribution in [3.05, 3.63) is 155 Å². The van der Waals surface area contributed by atoms with Crippen LogP contribution in [0.4, 0.5) is 63.3 Å². The van der Waals surface area contributed by atoms with Crippen molar-refractivity contribution in [2.45, 2.75) is 4.90 Å². The van der Waals surface area contributed by atoms with E-state index in [4.69, 9.17) is 5.73 Å². The van der Waals surface area contributed by atoms with E-state index in [1.165, 1.54) is 30.3 Å². The number of hydrogen-bond acceptors (Lipinski definition) is 16. The summed E-state index contributed by atoms with van der Waals surface area (Å²) in [5.41, 5.74) is 7.84. The third kappa shape index (κ3) is 8.39. The van der Waals surface area contributed by atoms with Crippen LogP contribution in [0.25, 0.3) is 0 Å². The first-order valence-electron chi connectivity index (χ1n) is 18.0. The maximum atomic E-state index is 13.7. The van der Waals surface area contributed by atoms with Crippen molar-refractivity contribution >= 4 is 91.0 Å². The molecule has 0 saturated carbocycles. The Labute approximate surface area is 345 Å². The van der Waals surface area contributed by atoms with Gasteiger partial charge in [-0.3, -0.25) is 14.1 Å². The maximum absolute atomic E-state index is 13.7. The summed E-state index contributed by atoms with van der Waals surface area (Å²) in [6, 6.07) is 33.5. The van der Waals surface area contributed by atoms with Gasteiger partial charge in [-0.25, -0.2) is 4.79 Å². The number of phenols is 1. The van der Waals surface area contributed by atoms with Gasteiger partial charge in [-0.1, -0.05) is 42.5 Å². The van der Waals surface area contributed by atoms with Crippen LogP contribution in [0.1, 0.15) is 42.2 Å². The number of aromatic nitrogens is 3. The van der Waals surface area contributed by atoms with Crippen molar-refractivity contribution in [3.8, 4) is 5.75 Å². The molecule has 8 rings (SSSR count). The van der Waals surface area contributed by atoms with Crippen LogP contribution in [0, 0.1) is 0 Å². The molecule has 7 aromatic rings. The van der Waals surface area contributed by atoms with Crippen LogP contribution in [0.5, 0.6) is 5.75 Å². The number of carboxylic acid groups (broad SMARTS) is 1. The first-order valence-corrected chi connectivity index (χ1v) is 19.4. The lowest BCUT2D eigenvalue weighted by molar-refractivity contribution is 0.0693. The number of nitrogens with zero attached hydrogens (tertiary/aromatic N) is 5. The number of aromatic hydroxyl groups is 1. The molecular weight excluding hydrogens is 805 g/mol. The van der Waals surface area contributed by atoms with Crippen LogP contribution in [-0.4, -0.2) is 55.7 Å². The van der Waals surface area contributed by atoms with E-state index in [2.05, 4.69) is 46.4 Å². The highest BCUT2D eigenvalue weighted by molar-refractivity contribution is 7.86. The molecule has 302 valence electrons. The third-order valence-electron chi connectivity index (χ3n) is 9.18. The van der Waals surface area contributed by atoms with Crippen molar-refractivity contribution < 1.29 is 37.6 Å². The summed E-state index contributed by atoms with van der Waals surface area (Å²) in [5.74, 6) is -2.38. The Kier molecular flexibility index (Phi) is 10.3. The fraction of sp³-hybridized carbons (Fsp3) is 0. The summed E-state index contributed by atoms with van der Waals surface area (Å²) < 4.78 is 34.7. The number of carbonyl (C=O) groups is 3. The molecule has 18 nitrogen and oxygen atoms in total. The molecular formula is C42H30N10O8S. The SMILES string of the molecule is Nc1c(S(=O)(=O)O)cc(Nc2ccc(Nc3nc(Nc4ccccc4)nc(Nc4ccc(N=Nc5ccc(O)c(C(=O)O)c5)cc4)n3)cc2)c2c1C(=O)c1ccccc1C2=O. The highest BCUT2D eigenvalue weighted by Gasteiger charge is 2.36. The molecule has 0 unspecified atom stereocenters. The summed E-state index contributed by atoms with van der Waals surface area (Å²) in [4.78, 5) is 51.5. The zero-order chi connectivity index (χ0) is 42.8. The Morgan fingerprint density at radius 2 is 1.05 bits per heavy atom. The number of benzene rings is 6. The number of nitrogens with two attached hydrogens (primary N) is 1. The summed E-state index contributed by atoms with van der Waals surface area (Å²) in [6.45, 7) is 0. The predicted molar refractivity (Wildman–Crippen MR) is 226 cm³/mol. The molecule has 0 bridgehead atoms. The molecule has 1 heterocycles. The minimum absolute atomic E-state index is 0.0574. The van der Waals surface area contributed by atoms with Crippen LogP contribution in [-0.2, 0) is 10.1 Å². The lowest BCUT2D eigenvalue weighted by Gasteiger charge is -2.23. The number of azo groups is 1. The van der Waals surface area contributed by atoms with E-state index in [9.17, 15) is 37.6 Å². The lowest BCUT2D eigenvalue weighted by Crippen LogP contribution is -2.25. The van der Waals surface area contributed by atoms with E-state index in [-0.39, 0.29) is 62.8 Å². The van der Waals surface area contributed by atoms with Gasteiger partial charge in [-0.05, 0) is 84.9 Å². The number of hydrogen-bond donors (Lipinski definition) is 8. The number of nitrogens with one attached hydrogen (secondary N) is 4. The molecule has 1 aliphatic carbocycles. The molecule has 0 radical (unpaired) electrons. The molecule has 0 spiro atoms. The van der Waals surface area contributed by atoms with E-state index < -0.39 is 38.2 Å². The van der Waals surface area contributed by atoms with Crippen molar-refractivity contribution in [2.24, 2.45) is 10.2 Å². The number of nitrogen functional groups attached to an aromatic ring is 1. The van der Waals surface area contributed by atoms with Gasteiger partial charge in [0.1, 0.15) is 16.2 Å². The molecule has 9 N–H and O–H groups in total. The Morgan fingerprint density at radius 1 is 0.590 bits per heavy atom. The summed E-state index contributed by atoms with van der Waals surface area (Å²) in [7, 11) is -4.90. The van der Waals surface area contributed by atoms with Crippen LogP contribution >= 0.6 is 0 Å². The van der Waals surface area contributed by atoms with E-state index in [1.54, 1.807) is 60.7 Å². The average molecular weight is 835 g/mol. The largest absolute Gasteiger partial charge is 0.507 e. The average Bonchev–Trinajstić information content (AvgIpc) is 3.24. The predicted octanol–water partition coefficient (Wildman–Crippen LogP) is 8.27. The smallest absolute Gasteiger partial charge is 0.339 e. The van der Waals surface area contributed by atoms with E-state index >= 15 is 0 Å². The monoisotopic (exact) mass is 834 g/mol. The van der Waals surface area contributed by atoms with Gasteiger partial charge in [0.25, 0.3) is 10.1 Å². The molecule has 0 fully saturated rings. The summed E-state index contributed by atoms with van der Waals surface area (Å²) in [6.07, 6.45) is 0. The van der Waals surface area contributed by atoms with E-state index in [0.29, 0.717) is 28.4 Å². The van der Waals surface area contributed by atoms with Crippen LogP contribution < -0.4 is 27.0 Å². The van der Waals surface area contributed by atoms with Gasteiger partial charge < -0.3 is 37.2 Å². The fourth-order valence-electron chi connectivity index (χ4n) is 6.33. The summed E-state index contributed by atoms with van der Waals surface area (Å²) in [5, 5.41) is 39.7. The molecule has 61 heavy (non-hydrogen) atoms. The molecule has 6 aromatic carbocycles. The molecule has 1 aliphatic rings. The molecule has 19 heteroatoms. The second kappa shape index (κ2) is 16.0. The van der Waals surface area contributed by atoms with Crippen LogP contribution in [0.15, 0.2) is 143 Å². The van der Waals surface area contributed by atoms with Gasteiger partial charge in [0.2, 0.25) is 17.8 Å². The Hall–Kier alpha value is -8.55. The highest BCUT2D eigenvalue weighted by atomic mass is 32.2. The van der Waals surface area contributed by atoms with Crippen molar-refractivity contribution in [1.82, 2.24) is 15.0 Å². The van der Waals surface area contributed by atoms with Crippen molar-refractivity contribution in [3.63, 3.8) is 0 Å². The molecule has 1 aromatic heterocycles. The zero-order valence-electron chi connectivity index (χ0n) is 31.2. The second-order valence-corrected chi connectivity index (χ2v) is 14.7. The maximum Gasteiger partial charge on any atom is 0.339 e. The Morgan fingerprint density at radius 3 is 1.59 bits per heavy atom. The minimum atomic E-state index is -4.90. The number of ketones is 2. The number of carboxylic acids is 1. The zero-order valence-corrected chi connectivity index (χ0v) is 32.0. The second-order valence-electron chi connectivity index (χ2n) is 13.3. The van der Waals surface area contributed by atoms with Gasteiger partial charge in [0, 0.05) is 33.9 Å². The Balaban J connectivity index is 1.04. The van der Waals surface area contributed by atoms with Crippen LogP contribution in [0.3, 0.4) is 0 Å². The molecule has 0 saturated heterocycles. The first-order chi connectivity index (χ1) is 29.3. The van der Waals surface area contributed by atoms with Crippen molar-refractivity contribution in [1.29, 1.82) is 0 Å². The minimum Gasteiger partial charge on any atom is -0.507 e. The third-order valence-corrected chi connectivity index (χ3v) is 10.1. The normalized spacial score (nSPS) is 12.1.